The smallest absolute Gasteiger partial charge is 0.209 e. The molecular formula is C20H42N3O4P. The highest BCUT2D eigenvalue weighted by atomic mass is 31.2. The highest BCUT2D eigenvalue weighted by Crippen LogP contribution is 2.55. The topological polar surface area (TPSA) is 77.8 Å². The molecular weight excluding hydrogens is 377 g/mol. The van der Waals surface area contributed by atoms with Crippen molar-refractivity contribution in [2.45, 2.75) is 115 Å². The van der Waals surface area contributed by atoms with E-state index >= 15 is 0 Å². The molecule has 0 radical (unpaired) electrons. The normalized spacial score (nSPS) is 29.0. The molecule has 0 atom stereocenters. The van der Waals surface area contributed by atoms with Crippen molar-refractivity contribution in [2.75, 3.05) is 13.7 Å². The monoisotopic (exact) mass is 419 g/mol. The minimum Gasteiger partial charge on any atom is -0.320 e. The highest BCUT2D eigenvalue weighted by Gasteiger charge is 2.49. The molecule has 0 bridgehead atoms. The van der Waals surface area contributed by atoms with Crippen molar-refractivity contribution in [3.05, 3.63) is 0 Å². The van der Waals surface area contributed by atoms with Crippen molar-refractivity contribution in [1.29, 1.82) is 0 Å². The molecule has 0 aromatic carbocycles. The Hall–Kier alpha value is -0.0100. The molecule has 0 aromatic heterocycles. The van der Waals surface area contributed by atoms with E-state index in [9.17, 15) is 10.4 Å². The lowest BCUT2D eigenvalue weighted by atomic mass is 9.80. The van der Waals surface area contributed by atoms with Gasteiger partial charge in [-0.15, -0.1) is 0 Å². The zero-order valence-corrected chi connectivity index (χ0v) is 20.4. The number of hydroxylamine groups is 4. The van der Waals surface area contributed by atoms with Gasteiger partial charge in [-0.05, 0) is 81.1 Å². The van der Waals surface area contributed by atoms with Gasteiger partial charge in [0.15, 0.2) is 0 Å². The lowest BCUT2D eigenvalue weighted by molar-refractivity contribution is -0.258. The molecule has 0 amide bonds. The van der Waals surface area contributed by atoms with E-state index in [0.29, 0.717) is 25.7 Å². The van der Waals surface area contributed by atoms with E-state index < -0.39 is 7.51 Å². The van der Waals surface area contributed by atoms with E-state index in [1.54, 1.807) is 7.05 Å². The van der Waals surface area contributed by atoms with Gasteiger partial charge in [0.05, 0.1) is 12.2 Å². The first-order valence-electron chi connectivity index (χ1n) is 10.3. The molecule has 2 aliphatic heterocycles. The summed E-state index contributed by atoms with van der Waals surface area (Å²) in [7, 11) is -0.661. The van der Waals surface area contributed by atoms with E-state index in [4.69, 9.17) is 9.05 Å². The fraction of sp³-hybridized carbons (Fsp3) is 1.00. The van der Waals surface area contributed by atoms with Crippen molar-refractivity contribution in [3.8, 4) is 0 Å². The average Bonchev–Trinajstić information content (AvgIpc) is 2.49. The van der Waals surface area contributed by atoms with Crippen molar-refractivity contribution >= 4 is 7.51 Å². The third-order valence-electron chi connectivity index (χ3n) is 6.25. The van der Waals surface area contributed by atoms with Gasteiger partial charge in [0, 0.05) is 35.9 Å². The lowest BCUT2D eigenvalue weighted by Gasteiger charge is -2.53. The zero-order valence-electron chi connectivity index (χ0n) is 19.5. The Morgan fingerprint density at radius 2 is 0.964 bits per heavy atom. The van der Waals surface area contributed by atoms with Gasteiger partial charge in [-0.2, -0.15) is 10.1 Å². The quantitative estimate of drug-likeness (QED) is 0.615. The molecule has 166 valence electrons. The number of rotatable bonds is 4. The van der Waals surface area contributed by atoms with Gasteiger partial charge in [-0.25, -0.2) is 0 Å². The second-order valence-corrected chi connectivity index (χ2v) is 13.6. The molecule has 2 saturated heterocycles. The first-order chi connectivity index (χ1) is 12.4. The fourth-order valence-electron chi connectivity index (χ4n) is 5.18. The molecule has 28 heavy (non-hydrogen) atoms. The SMILES string of the molecule is CN=P(C)(OC1CC(C)(C)N(O)C(C)(C)C1)OC1CC(C)(C)N(O)C(C)(C)C1. The maximum absolute atomic E-state index is 10.5. The summed E-state index contributed by atoms with van der Waals surface area (Å²) >= 11 is 0. The molecule has 2 fully saturated rings. The van der Waals surface area contributed by atoms with Gasteiger partial charge in [0.2, 0.25) is 7.51 Å². The molecule has 2 rings (SSSR count). The first-order valence-corrected chi connectivity index (χ1v) is 12.3. The van der Waals surface area contributed by atoms with Gasteiger partial charge in [0.25, 0.3) is 0 Å². The molecule has 0 spiro atoms. The van der Waals surface area contributed by atoms with Crippen LogP contribution >= 0.6 is 7.51 Å². The van der Waals surface area contributed by atoms with E-state index in [2.05, 4.69) is 4.74 Å². The molecule has 0 unspecified atom stereocenters. The summed E-state index contributed by atoms with van der Waals surface area (Å²) in [5.74, 6) is 0. The van der Waals surface area contributed by atoms with E-state index in [0.717, 1.165) is 0 Å². The number of piperidine rings is 2. The second-order valence-electron chi connectivity index (χ2n) is 11.1. The summed E-state index contributed by atoms with van der Waals surface area (Å²) in [6.45, 7) is 18.2. The minimum absolute atomic E-state index is 0.0330. The summed E-state index contributed by atoms with van der Waals surface area (Å²) in [4.78, 5) is 0. The Labute approximate surface area is 171 Å². The maximum atomic E-state index is 10.5. The Morgan fingerprint density at radius 3 is 1.18 bits per heavy atom. The Bertz CT molecular complexity index is 549. The van der Waals surface area contributed by atoms with Crippen LogP contribution < -0.4 is 0 Å². The third-order valence-corrected chi connectivity index (χ3v) is 8.36. The zero-order chi connectivity index (χ0) is 21.8. The summed E-state index contributed by atoms with van der Waals surface area (Å²) in [5.41, 5.74) is -1.51. The molecule has 0 saturated carbocycles. The molecule has 2 aliphatic rings. The van der Waals surface area contributed by atoms with Crippen LogP contribution in [0.25, 0.3) is 0 Å². The average molecular weight is 420 g/mol. The largest absolute Gasteiger partial charge is 0.320 e. The molecule has 2 N–H and O–H groups in total. The molecule has 7 nitrogen and oxygen atoms in total. The molecule has 0 aliphatic carbocycles. The van der Waals surface area contributed by atoms with Crippen molar-refractivity contribution in [1.82, 2.24) is 10.1 Å². The van der Waals surface area contributed by atoms with Crippen LogP contribution in [0.3, 0.4) is 0 Å². The van der Waals surface area contributed by atoms with E-state index in [1.807, 2.05) is 62.1 Å². The first kappa shape index (κ1) is 24.3. The van der Waals surface area contributed by atoms with Gasteiger partial charge in [0.1, 0.15) is 0 Å². The molecule has 0 aromatic rings. The van der Waals surface area contributed by atoms with Crippen LogP contribution in [0.4, 0.5) is 0 Å². The summed E-state index contributed by atoms with van der Waals surface area (Å²) in [6, 6.07) is 0. The van der Waals surface area contributed by atoms with Gasteiger partial charge < -0.3 is 19.5 Å². The van der Waals surface area contributed by atoms with Crippen LogP contribution in [-0.2, 0) is 9.05 Å². The Kier molecular flexibility index (Phi) is 6.58. The van der Waals surface area contributed by atoms with Crippen molar-refractivity contribution < 1.29 is 19.5 Å². The van der Waals surface area contributed by atoms with Crippen molar-refractivity contribution in [2.24, 2.45) is 4.74 Å². The summed E-state index contributed by atoms with van der Waals surface area (Å²) in [5, 5.41) is 24.0. The lowest BCUT2D eigenvalue weighted by Crippen LogP contribution is -2.61. The van der Waals surface area contributed by atoms with Crippen LogP contribution in [0.1, 0.15) is 81.1 Å². The Morgan fingerprint density at radius 1 is 0.714 bits per heavy atom. The number of nitrogens with zero attached hydrogens (tertiary/aromatic N) is 3. The Balaban J connectivity index is 2.16. The van der Waals surface area contributed by atoms with Crippen LogP contribution in [0, 0.1) is 0 Å². The van der Waals surface area contributed by atoms with Gasteiger partial charge in [-0.3, -0.25) is 4.74 Å². The minimum atomic E-state index is -2.43. The van der Waals surface area contributed by atoms with Crippen LogP contribution in [0.2, 0.25) is 0 Å². The molecule has 8 heteroatoms. The summed E-state index contributed by atoms with van der Waals surface area (Å²) < 4.78 is 17.6. The fourth-order valence-corrected chi connectivity index (χ4v) is 6.82. The van der Waals surface area contributed by atoms with Crippen LogP contribution in [0.15, 0.2) is 4.74 Å². The van der Waals surface area contributed by atoms with E-state index in [-0.39, 0.29) is 34.4 Å². The second kappa shape index (κ2) is 7.60. The predicted molar refractivity (Wildman–Crippen MR) is 113 cm³/mol. The number of hydrogen-bond donors (Lipinski definition) is 2. The standard InChI is InChI=1S/C20H42N3O4P/c1-17(2)11-15(12-18(3,4)22(17)24)26-28(10,21-9)27-16-13-19(5,6)23(25)20(7,8)14-16/h15-16,24-25H,11-14H2,1-10H3. The van der Waals surface area contributed by atoms with Crippen LogP contribution in [-0.4, -0.2) is 68.6 Å². The van der Waals surface area contributed by atoms with Crippen molar-refractivity contribution in [3.63, 3.8) is 0 Å². The van der Waals surface area contributed by atoms with E-state index in [1.165, 1.54) is 10.1 Å². The summed E-state index contributed by atoms with van der Waals surface area (Å²) in [6.07, 6.45) is 2.80. The van der Waals surface area contributed by atoms with Gasteiger partial charge in [-0.1, -0.05) is 0 Å². The van der Waals surface area contributed by atoms with Crippen LogP contribution in [0.5, 0.6) is 0 Å². The maximum Gasteiger partial charge on any atom is 0.209 e. The molecule has 2 heterocycles. The third kappa shape index (κ3) is 5.00. The predicted octanol–water partition coefficient (Wildman–Crippen LogP) is 5.13. The highest BCUT2D eigenvalue weighted by molar-refractivity contribution is 7.55. The van der Waals surface area contributed by atoms with Gasteiger partial charge >= 0.3 is 0 Å². The number of hydrogen-bond acceptors (Lipinski definition) is 7.